The van der Waals surface area contributed by atoms with Crippen LogP contribution in [0.4, 0.5) is 4.39 Å². The molecule has 1 atom stereocenters. The van der Waals surface area contributed by atoms with E-state index in [0.29, 0.717) is 24.8 Å². The van der Waals surface area contributed by atoms with Crippen LogP contribution in [0.3, 0.4) is 0 Å². The molecule has 0 N–H and O–H groups in total. The molecule has 0 bridgehead atoms. The van der Waals surface area contributed by atoms with Gasteiger partial charge in [0.25, 0.3) is 10.0 Å². The number of carbonyl (C=O) groups is 1. The van der Waals surface area contributed by atoms with Gasteiger partial charge in [-0.05, 0) is 43.4 Å². The third-order valence-corrected chi connectivity index (χ3v) is 5.37. The van der Waals surface area contributed by atoms with Gasteiger partial charge >= 0.3 is 0 Å². The first-order valence-corrected chi connectivity index (χ1v) is 9.77. The Morgan fingerprint density at radius 2 is 2.00 bits per heavy atom. The van der Waals surface area contributed by atoms with E-state index in [9.17, 15) is 17.6 Å². The van der Waals surface area contributed by atoms with Crippen LogP contribution in [-0.2, 0) is 22.9 Å². The molecular weight excluding hydrogens is 331 g/mol. The normalized spacial score (nSPS) is 18.0. The van der Waals surface area contributed by atoms with E-state index in [2.05, 4.69) is 5.10 Å². The zero-order valence-electron chi connectivity index (χ0n) is 13.4. The Labute approximate surface area is 140 Å². The van der Waals surface area contributed by atoms with E-state index in [-0.39, 0.29) is 17.4 Å². The van der Waals surface area contributed by atoms with E-state index in [1.807, 2.05) is 0 Å². The Balaban J connectivity index is 2.08. The molecule has 3 rings (SSSR count). The maximum atomic E-state index is 13.1. The summed E-state index contributed by atoms with van der Waals surface area (Å²) in [6.07, 6.45) is 5.61. The fourth-order valence-corrected chi connectivity index (χ4v) is 4.25. The van der Waals surface area contributed by atoms with E-state index in [0.717, 1.165) is 40.7 Å². The van der Waals surface area contributed by atoms with Gasteiger partial charge in [-0.3, -0.25) is 4.79 Å². The number of nitrogens with zero attached hydrogens (tertiary/aromatic N) is 2. The molecule has 0 fully saturated rings. The van der Waals surface area contributed by atoms with E-state index in [4.69, 9.17) is 0 Å². The molecule has 1 aromatic heterocycles. The van der Waals surface area contributed by atoms with E-state index in [1.165, 1.54) is 12.1 Å². The summed E-state index contributed by atoms with van der Waals surface area (Å²) >= 11 is 0. The zero-order chi connectivity index (χ0) is 17.3. The van der Waals surface area contributed by atoms with Crippen LogP contribution in [0.5, 0.6) is 0 Å². The fraction of sp³-hybridized carbons (Fsp3) is 0.412. The van der Waals surface area contributed by atoms with Crippen molar-refractivity contribution in [3.05, 3.63) is 52.6 Å². The van der Waals surface area contributed by atoms with E-state index in [1.54, 1.807) is 12.1 Å². The Morgan fingerprint density at radius 1 is 1.29 bits per heavy atom. The van der Waals surface area contributed by atoms with Gasteiger partial charge < -0.3 is 0 Å². The number of benzene rings is 1. The van der Waals surface area contributed by atoms with Crippen molar-refractivity contribution < 1.29 is 17.6 Å². The van der Waals surface area contributed by atoms with Gasteiger partial charge in [0.15, 0.2) is 6.29 Å². The summed E-state index contributed by atoms with van der Waals surface area (Å²) in [4.78, 5) is 11.3. The second kappa shape index (κ2) is 6.47. The molecule has 0 radical (unpaired) electrons. The number of aldehydes is 1. The highest BCUT2D eigenvalue weighted by Gasteiger charge is 2.30. The van der Waals surface area contributed by atoms with Crippen molar-refractivity contribution in [1.82, 2.24) is 9.19 Å². The zero-order valence-corrected chi connectivity index (χ0v) is 14.2. The predicted molar refractivity (Wildman–Crippen MR) is 88.3 cm³/mol. The SMILES string of the molecule is CS(=O)(=O)n1nc(C=O)c2c1C(Cc1ccc(F)cc1)CCCC2. The largest absolute Gasteiger partial charge is 0.296 e. The van der Waals surface area contributed by atoms with Crippen LogP contribution < -0.4 is 0 Å². The quantitative estimate of drug-likeness (QED) is 0.628. The van der Waals surface area contributed by atoms with Gasteiger partial charge in [0.2, 0.25) is 0 Å². The monoisotopic (exact) mass is 350 g/mol. The molecule has 1 unspecified atom stereocenters. The van der Waals surface area contributed by atoms with Gasteiger partial charge in [0.1, 0.15) is 11.5 Å². The van der Waals surface area contributed by atoms with E-state index >= 15 is 0 Å². The summed E-state index contributed by atoms with van der Waals surface area (Å²) in [5, 5.41) is 4.03. The van der Waals surface area contributed by atoms with Crippen molar-refractivity contribution in [2.45, 2.75) is 38.0 Å². The summed E-state index contributed by atoms with van der Waals surface area (Å²) < 4.78 is 38.4. The lowest BCUT2D eigenvalue weighted by molar-refractivity contribution is 0.111. The first-order chi connectivity index (χ1) is 11.4. The molecule has 24 heavy (non-hydrogen) atoms. The molecule has 7 heteroatoms. The molecule has 1 aromatic carbocycles. The molecule has 1 heterocycles. The van der Waals surface area contributed by atoms with Gasteiger partial charge in [-0.15, -0.1) is 0 Å². The number of hydrogen-bond donors (Lipinski definition) is 0. The molecule has 1 aliphatic rings. The summed E-state index contributed by atoms with van der Waals surface area (Å²) in [5.41, 5.74) is 2.49. The minimum Gasteiger partial charge on any atom is -0.296 e. The van der Waals surface area contributed by atoms with Crippen molar-refractivity contribution in [3.63, 3.8) is 0 Å². The summed E-state index contributed by atoms with van der Waals surface area (Å²) in [6, 6.07) is 6.22. The van der Waals surface area contributed by atoms with Crippen molar-refractivity contribution in [1.29, 1.82) is 0 Å². The van der Waals surface area contributed by atoms with Crippen LogP contribution in [0.25, 0.3) is 0 Å². The number of rotatable bonds is 4. The van der Waals surface area contributed by atoms with Crippen LogP contribution >= 0.6 is 0 Å². The Kier molecular flexibility index (Phi) is 4.54. The van der Waals surface area contributed by atoms with Crippen molar-refractivity contribution in [3.8, 4) is 0 Å². The molecule has 128 valence electrons. The van der Waals surface area contributed by atoms with Gasteiger partial charge in [0.05, 0.1) is 11.9 Å². The number of aromatic nitrogens is 2. The molecule has 1 aliphatic carbocycles. The molecule has 0 saturated carbocycles. The smallest absolute Gasteiger partial charge is 0.251 e. The first-order valence-electron chi connectivity index (χ1n) is 7.92. The van der Waals surface area contributed by atoms with Gasteiger partial charge in [0, 0.05) is 11.5 Å². The van der Waals surface area contributed by atoms with Crippen LogP contribution in [0.1, 0.15) is 52.5 Å². The second-order valence-corrected chi connectivity index (χ2v) is 8.06. The topological polar surface area (TPSA) is 69.0 Å². The first kappa shape index (κ1) is 16.8. The fourth-order valence-electron chi connectivity index (χ4n) is 3.40. The second-order valence-electron chi connectivity index (χ2n) is 6.25. The van der Waals surface area contributed by atoms with Crippen LogP contribution in [0.15, 0.2) is 24.3 Å². The molecule has 0 aliphatic heterocycles. The van der Waals surface area contributed by atoms with Gasteiger partial charge in [-0.25, -0.2) is 12.8 Å². The highest BCUT2D eigenvalue weighted by molar-refractivity contribution is 7.89. The Bertz CT molecular complexity index is 857. The van der Waals surface area contributed by atoms with Crippen molar-refractivity contribution >= 4 is 16.3 Å². The predicted octanol–water partition coefficient (Wildman–Crippen LogP) is 2.70. The van der Waals surface area contributed by atoms with Crippen molar-refractivity contribution in [2.24, 2.45) is 0 Å². The molecule has 0 amide bonds. The lowest BCUT2D eigenvalue weighted by atomic mass is 9.91. The number of fused-ring (bicyclic) bond motifs is 1. The molecule has 0 spiro atoms. The van der Waals surface area contributed by atoms with Crippen LogP contribution in [0.2, 0.25) is 0 Å². The Morgan fingerprint density at radius 3 is 2.62 bits per heavy atom. The molecule has 0 saturated heterocycles. The maximum absolute atomic E-state index is 13.1. The highest BCUT2D eigenvalue weighted by Crippen LogP contribution is 2.35. The molecule has 2 aromatic rings. The standard InChI is InChI=1S/C17H19FN2O3S/c1-24(22,23)20-17-13(10-12-6-8-14(18)9-7-12)4-2-3-5-15(17)16(11-21)19-20/h6-9,11,13H,2-5,10H2,1H3. The maximum Gasteiger partial charge on any atom is 0.251 e. The van der Waals surface area contributed by atoms with Crippen molar-refractivity contribution in [2.75, 3.05) is 6.26 Å². The molecular formula is C17H19FN2O3S. The number of hydrogen-bond acceptors (Lipinski definition) is 4. The average Bonchev–Trinajstić information content (AvgIpc) is 2.80. The third kappa shape index (κ3) is 3.26. The van der Waals surface area contributed by atoms with E-state index < -0.39 is 10.0 Å². The lowest BCUT2D eigenvalue weighted by Gasteiger charge is -2.17. The van der Waals surface area contributed by atoms with Gasteiger partial charge in [-0.1, -0.05) is 18.6 Å². The minimum atomic E-state index is -3.59. The third-order valence-electron chi connectivity index (χ3n) is 4.46. The minimum absolute atomic E-state index is 0.0658. The number of carbonyl (C=O) groups excluding carboxylic acids is 1. The molecule has 5 nitrogen and oxygen atoms in total. The Hall–Kier alpha value is -2.02. The number of halogens is 1. The highest BCUT2D eigenvalue weighted by atomic mass is 32.2. The van der Waals surface area contributed by atoms with Crippen LogP contribution in [-0.4, -0.2) is 30.1 Å². The summed E-state index contributed by atoms with van der Waals surface area (Å²) in [5.74, 6) is -0.367. The summed E-state index contributed by atoms with van der Waals surface area (Å²) in [6.45, 7) is 0. The lowest BCUT2D eigenvalue weighted by Crippen LogP contribution is -2.19. The average molecular weight is 350 g/mol. The summed E-state index contributed by atoms with van der Waals surface area (Å²) in [7, 11) is -3.59. The van der Waals surface area contributed by atoms with Crippen LogP contribution in [0, 0.1) is 5.82 Å². The van der Waals surface area contributed by atoms with Gasteiger partial charge in [-0.2, -0.15) is 9.19 Å².